The second-order valence-electron chi connectivity index (χ2n) is 4.31. The number of rotatable bonds is 5. The first kappa shape index (κ1) is 16.2. The molecule has 1 aromatic carbocycles. The van der Waals surface area contributed by atoms with Crippen LogP contribution in [0.5, 0.6) is 0 Å². The van der Waals surface area contributed by atoms with Crippen molar-refractivity contribution in [3.8, 4) is 0 Å². The van der Waals surface area contributed by atoms with Crippen molar-refractivity contribution in [2.45, 2.75) is 11.3 Å². The van der Waals surface area contributed by atoms with Crippen LogP contribution >= 0.6 is 27.5 Å². The molecule has 0 aliphatic carbocycles. The number of nitrogens with one attached hydrogen (secondary N) is 1. The Morgan fingerprint density at radius 3 is 2.81 bits per heavy atom. The molecule has 112 valence electrons. The lowest BCUT2D eigenvalue weighted by Crippen LogP contribution is -2.17. The Balaban J connectivity index is 2.09. The third-order valence-corrected chi connectivity index (χ3v) is 4.72. The van der Waals surface area contributed by atoms with Crippen molar-refractivity contribution in [3.05, 3.63) is 51.6 Å². The topological polar surface area (TPSA) is 85.1 Å². The van der Waals surface area contributed by atoms with Crippen molar-refractivity contribution in [1.29, 1.82) is 0 Å². The van der Waals surface area contributed by atoms with Gasteiger partial charge < -0.3 is 5.32 Å². The molecule has 0 amide bonds. The van der Waals surface area contributed by atoms with E-state index in [0.717, 1.165) is 10.0 Å². The van der Waals surface area contributed by atoms with Crippen molar-refractivity contribution in [1.82, 2.24) is 4.98 Å². The number of nitrogens with two attached hydrogens (primary N) is 1. The number of nitrogens with zero attached hydrogens (tertiary/aromatic N) is 1. The molecule has 1 aromatic heterocycles. The molecular formula is C13H13BrClN3O2S. The zero-order valence-corrected chi connectivity index (χ0v) is 14.0. The monoisotopic (exact) mass is 389 g/mol. The predicted octanol–water partition coefficient (Wildman–Crippen LogP) is 2.80. The number of hydrogen-bond donors (Lipinski definition) is 2. The van der Waals surface area contributed by atoms with Gasteiger partial charge in [0.1, 0.15) is 10.7 Å². The number of primary sulfonamides is 1. The van der Waals surface area contributed by atoms with Gasteiger partial charge in [0, 0.05) is 22.2 Å². The van der Waals surface area contributed by atoms with Crippen LogP contribution in [0.15, 0.2) is 45.9 Å². The van der Waals surface area contributed by atoms with Crippen LogP contribution in [0.1, 0.15) is 5.56 Å². The van der Waals surface area contributed by atoms with E-state index in [4.69, 9.17) is 16.7 Å². The fraction of sp³-hybridized carbons (Fsp3) is 0.154. The highest BCUT2D eigenvalue weighted by atomic mass is 79.9. The van der Waals surface area contributed by atoms with E-state index in [0.29, 0.717) is 18.0 Å². The minimum atomic E-state index is -3.80. The van der Waals surface area contributed by atoms with E-state index >= 15 is 0 Å². The average Bonchev–Trinajstić information content (AvgIpc) is 2.42. The first-order valence-corrected chi connectivity index (χ1v) is 8.75. The van der Waals surface area contributed by atoms with E-state index in [1.165, 1.54) is 18.3 Å². The molecule has 3 N–H and O–H groups in total. The van der Waals surface area contributed by atoms with Crippen molar-refractivity contribution in [2.75, 3.05) is 11.9 Å². The molecule has 0 spiro atoms. The highest BCUT2D eigenvalue weighted by molar-refractivity contribution is 9.10. The molecule has 0 fully saturated rings. The molecule has 5 nitrogen and oxygen atoms in total. The summed E-state index contributed by atoms with van der Waals surface area (Å²) in [6, 6.07) is 8.46. The summed E-state index contributed by atoms with van der Waals surface area (Å²) in [5, 5.41) is 8.78. The second-order valence-corrected chi connectivity index (χ2v) is 7.13. The van der Waals surface area contributed by atoms with Crippen LogP contribution in [0.4, 0.5) is 5.82 Å². The summed E-state index contributed by atoms with van der Waals surface area (Å²) in [5.74, 6) is 0.248. The lowest BCUT2D eigenvalue weighted by Gasteiger charge is -2.10. The molecule has 0 radical (unpaired) electrons. The third-order valence-electron chi connectivity index (χ3n) is 2.77. The molecule has 21 heavy (non-hydrogen) atoms. The van der Waals surface area contributed by atoms with Crippen LogP contribution < -0.4 is 10.5 Å². The average molecular weight is 391 g/mol. The van der Waals surface area contributed by atoms with Crippen LogP contribution in [0.2, 0.25) is 5.02 Å². The van der Waals surface area contributed by atoms with Gasteiger partial charge in [0.25, 0.3) is 0 Å². The minimum Gasteiger partial charge on any atom is -0.369 e. The summed E-state index contributed by atoms with van der Waals surface area (Å²) in [5.41, 5.74) is 1.02. The summed E-state index contributed by atoms with van der Waals surface area (Å²) in [4.78, 5) is 3.99. The lowest BCUT2D eigenvalue weighted by atomic mass is 10.1. The number of anilines is 1. The van der Waals surface area contributed by atoms with Gasteiger partial charge >= 0.3 is 0 Å². The van der Waals surface area contributed by atoms with Crippen molar-refractivity contribution in [2.24, 2.45) is 5.14 Å². The normalized spacial score (nSPS) is 11.4. The molecule has 0 aliphatic heterocycles. The number of aromatic nitrogens is 1. The van der Waals surface area contributed by atoms with Crippen LogP contribution in [0.25, 0.3) is 0 Å². The van der Waals surface area contributed by atoms with Crippen molar-refractivity contribution < 1.29 is 8.42 Å². The number of hydrogen-bond acceptors (Lipinski definition) is 4. The number of halogens is 2. The maximum absolute atomic E-state index is 11.5. The van der Waals surface area contributed by atoms with Gasteiger partial charge in [0.15, 0.2) is 0 Å². The largest absolute Gasteiger partial charge is 0.369 e. The zero-order chi connectivity index (χ0) is 15.5. The summed E-state index contributed by atoms with van der Waals surface area (Å²) in [6.45, 7) is 0.498. The summed E-state index contributed by atoms with van der Waals surface area (Å²) in [7, 11) is -3.80. The van der Waals surface area contributed by atoms with Crippen molar-refractivity contribution >= 4 is 43.4 Å². The van der Waals surface area contributed by atoms with Crippen LogP contribution in [0, 0.1) is 0 Å². The van der Waals surface area contributed by atoms with Gasteiger partial charge in [-0.05, 0) is 42.3 Å². The summed E-state index contributed by atoms with van der Waals surface area (Å²) >= 11 is 9.39. The Morgan fingerprint density at radius 1 is 1.33 bits per heavy atom. The Morgan fingerprint density at radius 2 is 2.10 bits per heavy atom. The van der Waals surface area contributed by atoms with E-state index in [2.05, 4.69) is 26.2 Å². The first-order valence-electron chi connectivity index (χ1n) is 6.03. The molecule has 0 aliphatic rings. The van der Waals surface area contributed by atoms with E-state index in [-0.39, 0.29) is 10.7 Å². The highest BCUT2D eigenvalue weighted by Crippen LogP contribution is 2.22. The summed E-state index contributed by atoms with van der Waals surface area (Å²) in [6.07, 6.45) is 2.16. The molecule has 0 unspecified atom stereocenters. The van der Waals surface area contributed by atoms with Crippen LogP contribution in [-0.2, 0) is 16.4 Å². The van der Waals surface area contributed by atoms with E-state index in [1.54, 1.807) is 6.07 Å². The maximum Gasteiger partial charge on any atom is 0.241 e. The van der Waals surface area contributed by atoms with Gasteiger partial charge in [-0.15, -0.1) is 0 Å². The van der Waals surface area contributed by atoms with E-state index in [1.807, 2.05) is 12.1 Å². The third kappa shape index (κ3) is 4.41. The standard InChI is InChI=1S/C13H13BrClN3O2S/c14-11-4-3-10(15)8-9(11)5-7-18-13-12(21(16,19)20)2-1-6-17-13/h1-4,6,8H,5,7H2,(H,17,18)(H2,16,19,20). The Bertz CT molecular complexity index is 753. The molecule has 2 aromatic rings. The Kier molecular flexibility index (Phi) is 5.21. The Labute approximate surface area is 136 Å². The molecular weight excluding hydrogens is 378 g/mol. The molecule has 0 bridgehead atoms. The second kappa shape index (κ2) is 6.74. The molecule has 8 heteroatoms. The zero-order valence-electron chi connectivity index (χ0n) is 10.9. The SMILES string of the molecule is NS(=O)(=O)c1cccnc1NCCc1cc(Cl)ccc1Br. The van der Waals surface area contributed by atoms with Crippen LogP contribution in [-0.4, -0.2) is 19.9 Å². The molecule has 0 saturated heterocycles. The van der Waals surface area contributed by atoms with Gasteiger partial charge in [0.05, 0.1) is 0 Å². The predicted molar refractivity (Wildman–Crippen MR) is 87.0 cm³/mol. The van der Waals surface area contributed by atoms with Gasteiger partial charge in [-0.3, -0.25) is 0 Å². The van der Waals surface area contributed by atoms with Gasteiger partial charge in [-0.25, -0.2) is 18.5 Å². The quantitative estimate of drug-likeness (QED) is 0.822. The minimum absolute atomic E-state index is 0.0184. The van der Waals surface area contributed by atoms with Gasteiger partial charge in [-0.1, -0.05) is 27.5 Å². The lowest BCUT2D eigenvalue weighted by molar-refractivity contribution is 0.597. The maximum atomic E-state index is 11.5. The van der Waals surface area contributed by atoms with E-state index < -0.39 is 10.0 Å². The molecule has 1 heterocycles. The van der Waals surface area contributed by atoms with E-state index in [9.17, 15) is 8.42 Å². The molecule has 2 rings (SSSR count). The highest BCUT2D eigenvalue weighted by Gasteiger charge is 2.14. The molecule has 0 saturated carbocycles. The number of sulfonamides is 1. The smallest absolute Gasteiger partial charge is 0.241 e. The van der Waals surface area contributed by atoms with Gasteiger partial charge in [-0.2, -0.15) is 0 Å². The first-order chi connectivity index (χ1) is 9.88. The fourth-order valence-corrected chi connectivity index (χ4v) is 3.11. The number of benzene rings is 1. The van der Waals surface area contributed by atoms with Crippen LogP contribution in [0.3, 0.4) is 0 Å². The van der Waals surface area contributed by atoms with Crippen molar-refractivity contribution in [3.63, 3.8) is 0 Å². The van der Waals surface area contributed by atoms with Gasteiger partial charge in [0.2, 0.25) is 10.0 Å². The number of pyridine rings is 1. The summed E-state index contributed by atoms with van der Waals surface area (Å²) < 4.78 is 23.9. The fourth-order valence-electron chi connectivity index (χ4n) is 1.80. The molecule has 0 atom stereocenters. The Hall–Kier alpha value is -1.15.